The second-order valence-electron chi connectivity index (χ2n) is 8.31. The van der Waals surface area contributed by atoms with E-state index in [0.29, 0.717) is 17.7 Å². The fourth-order valence-corrected chi connectivity index (χ4v) is 4.19. The van der Waals surface area contributed by atoms with Crippen LogP contribution in [-0.2, 0) is 7.05 Å². The van der Waals surface area contributed by atoms with Gasteiger partial charge in [0.15, 0.2) is 11.6 Å². The highest BCUT2D eigenvalue weighted by molar-refractivity contribution is 5.79. The molecule has 5 rings (SSSR count). The zero-order valence-electron chi connectivity index (χ0n) is 18.5. The molecule has 1 fully saturated rings. The molecule has 1 saturated heterocycles. The van der Waals surface area contributed by atoms with Gasteiger partial charge < -0.3 is 14.2 Å². The number of carbonyl (C=O) groups excluding carboxylic acids is 1. The van der Waals surface area contributed by atoms with Crippen molar-refractivity contribution >= 4 is 12.2 Å². The van der Waals surface area contributed by atoms with Crippen LogP contribution in [0.2, 0.25) is 0 Å². The molecule has 3 aromatic rings. The maximum Gasteiger partial charge on any atom is 0.341 e. The maximum atomic E-state index is 14.4. The van der Waals surface area contributed by atoms with Crippen LogP contribution in [0.3, 0.4) is 0 Å². The second-order valence-corrected chi connectivity index (χ2v) is 8.31. The molecule has 8 nitrogen and oxygen atoms in total. The fraction of sp³-hybridized carbons (Fsp3) is 0.304. The third-order valence-corrected chi connectivity index (χ3v) is 5.89. The summed E-state index contributed by atoms with van der Waals surface area (Å²) in [6.45, 7) is 2.27. The summed E-state index contributed by atoms with van der Waals surface area (Å²) in [5.74, 6) is -2.00. The lowest BCUT2D eigenvalue weighted by Crippen LogP contribution is -2.58. The number of likely N-dealkylation sites (tertiary alicyclic amines) is 1. The average molecular weight is 470 g/mol. The summed E-state index contributed by atoms with van der Waals surface area (Å²) in [4.78, 5) is 22.8. The first-order chi connectivity index (χ1) is 16.3. The van der Waals surface area contributed by atoms with E-state index >= 15 is 0 Å². The Morgan fingerprint density at radius 1 is 1.09 bits per heavy atom. The zero-order chi connectivity index (χ0) is 24.0. The van der Waals surface area contributed by atoms with Crippen molar-refractivity contribution in [2.75, 3.05) is 13.1 Å². The summed E-state index contributed by atoms with van der Waals surface area (Å²) in [6, 6.07) is 3.67. The van der Waals surface area contributed by atoms with Crippen LogP contribution in [0.25, 0.3) is 11.4 Å². The van der Waals surface area contributed by atoms with Gasteiger partial charge in [-0.05, 0) is 24.6 Å². The molecule has 4 heterocycles. The van der Waals surface area contributed by atoms with E-state index < -0.39 is 35.6 Å². The van der Waals surface area contributed by atoms with Crippen molar-refractivity contribution in [2.24, 2.45) is 12.1 Å². The highest BCUT2D eigenvalue weighted by Crippen LogP contribution is 2.32. The Labute approximate surface area is 193 Å². The molecular weight excluding hydrogens is 449 g/mol. The van der Waals surface area contributed by atoms with Crippen molar-refractivity contribution in [3.8, 4) is 17.1 Å². The lowest BCUT2D eigenvalue weighted by molar-refractivity contribution is 0.0256. The van der Waals surface area contributed by atoms with Crippen molar-refractivity contribution < 1.29 is 22.7 Å². The monoisotopic (exact) mass is 470 g/mol. The van der Waals surface area contributed by atoms with E-state index in [4.69, 9.17) is 4.74 Å². The van der Waals surface area contributed by atoms with Gasteiger partial charge in [-0.15, -0.1) is 0 Å². The standard InChI is InChI=1S/C23H21F3N6O2/c1-13-22(30(2)12-28-13)19-8-21(18(26)9-27-19)34-17-10-31(11-17)23(33)32-20(3-4-29-32)14-5-15(24)7-16(25)6-14/h4-9,12,17,20H,3,10-11H2,1-2H3/t20-/m0/s1. The summed E-state index contributed by atoms with van der Waals surface area (Å²) in [6.07, 6.45) is 4.21. The van der Waals surface area contributed by atoms with Crippen LogP contribution < -0.4 is 4.74 Å². The van der Waals surface area contributed by atoms with Crippen LogP contribution in [0, 0.1) is 24.4 Å². The number of ether oxygens (including phenoxy) is 1. The molecule has 34 heavy (non-hydrogen) atoms. The topological polar surface area (TPSA) is 75.8 Å². The van der Waals surface area contributed by atoms with Crippen molar-refractivity contribution in [1.82, 2.24) is 24.4 Å². The number of aromatic nitrogens is 3. The van der Waals surface area contributed by atoms with E-state index in [1.54, 1.807) is 10.9 Å². The number of imidazole rings is 1. The van der Waals surface area contributed by atoms with Crippen molar-refractivity contribution in [3.63, 3.8) is 0 Å². The Kier molecular flexibility index (Phi) is 5.46. The van der Waals surface area contributed by atoms with E-state index in [2.05, 4.69) is 15.1 Å². The van der Waals surface area contributed by atoms with E-state index in [9.17, 15) is 18.0 Å². The zero-order valence-corrected chi connectivity index (χ0v) is 18.5. The van der Waals surface area contributed by atoms with Gasteiger partial charge in [0.25, 0.3) is 0 Å². The number of aryl methyl sites for hydroxylation is 2. The first kappa shape index (κ1) is 21.9. The predicted octanol–water partition coefficient (Wildman–Crippen LogP) is 3.82. The van der Waals surface area contributed by atoms with Crippen molar-refractivity contribution in [3.05, 3.63) is 65.5 Å². The van der Waals surface area contributed by atoms with Crippen LogP contribution in [-0.4, -0.2) is 55.9 Å². The number of hydrazone groups is 1. The first-order valence-electron chi connectivity index (χ1n) is 10.7. The molecule has 2 aliphatic rings. The molecule has 0 N–H and O–H groups in total. The van der Waals surface area contributed by atoms with Gasteiger partial charge in [0.05, 0.1) is 48.7 Å². The fourth-order valence-electron chi connectivity index (χ4n) is 4.19. The lowest BCUT2D eigenvalue weighted by atomic mass is 10.0. The molecule has 2 aromatic heterocycles. The Morgan fingerprint density at radius 2 is 1.82 bits per heavy atom. The molecule has 0 saturated carbocycles. The molecule has 0 bridgehead atoms. The minimum Gasteiger partial charge on any atom is -0.483 e. The molecule has 1 aromatic carbocycles. The molecule has 176 valence electrons. The maximum absolute atomic E-state index is 14.4. The van der Waals surface area contributed by atoms with E-state index in [1.807, 2.05) is 14.0 Å². The minimum absolute atomic E-state index is 0.0370. The SMILES string of the molecule is Cc1ncn(C)c1-c1cc(OC2CN(C(=O)N3N=CC[C@H]3c3cc(F)cc(F)c3)C2)c(F)cn1. The smallest absolute Gasteiger partial charge is 0.341 e. The Hall–Kier alpha value is -3.89. The molecular formula is C23H21F3N6O2. The molecule has 2 amide bonds. The van der Waals surface area contributed by atoms with Crippen LogP contribution in [0.5, 0.6) is 5.75 Å². The van der Waals surface area contributed by atoms with Gasteiger partial charge in [0, 0.05) is 31.8 Å². The molecule has 0 spiro atoms. The van der Waals surface area contributed by atoms with E-state index in [-0.39, 0.29) is 18.8 Å². The van der Waals surface area contributed by atoms with Crippen LogP contribution in [0.1, 0.15) is 23.7 Å². The largest absolute Gasteiger partial charge is 0.483 e. The Balaban J connectivity index is 1.25. The van der Waals surface area contributed by atoms with Crippen molar-refractivity contribution in [1.29, 1.82) is 0 Å². The molecule has 11 heteroatoms. The van der Waals surface area contributed by atoms with Gasteiger partial charge in [0.1, 0.15) is 17.7 Å². The number of benzene rings is 1. The van der Waals surface area contributed by atoms with Crippen LogP contribution in [0.4, 0.5) is 18.0 Å². The van der Waals surface area contributed by atoms with Crippen LogP contribution >= 0.6 is 0 Å². The van der Waals surface area contributed by atoms with Crippen LogP contribution in [0.15, 0.2) is 41.9 Å². The molecule has 0 unspecified atom stereocenters. The predicted molar refractivity (Wildman–Crippen MR) is 117 cm³/mol. The number of nitrogens with zero attached hydrogens (tertiary/aromatic N) is 6. The summed E-state index contributed by atoms with van der Waals surface area (Å²) in [5, 5.41) is 5.30. The number of carbonyl (C=O) groups is 1. The number of urea groups is 1. The normalized spacial score (nSPS) is 17.9. The summed E-state index contributed by atoms with van der Waals surface area (Å²) < 4.78 is 49.2. The highest BCUT2D eigenvalue weighted by atomic mass is 19.1. The van der Waals surface area contributed by atoms with E-state index in [0.717, 1.165) is 23.7 Å². The minimum atomic E-state index is -0.716. The summed E-state index contributed by atoms with van der Waals surface area (Å²) in [5.41, 5.74) is 2.36. The van der Waals surface area contributed by atoms with Crippen molar-refractivity contribution in [2.45, 2.75) is 25.5 Å². The molecule has 0 aliphatic carbocycles. The van der Waals surface area contributed by atoms with Gasteiger partial charge in [-0.3, -0.25) is 4.98 Å². The van der Waals surface area contributed by atoms with Gasteiger partial charge in [-0.1, -0.05) is 0 Å². The van der Waals surface area contributed by atoms with Gasteiger partial charge >= 0.3 is 6.03 Å². The third-order valence-electron chi connectivity index (χ3n) is 5.89. The number of amides is 2. The van der Waals surface area contributed by atoms with Gasteiger partial charge in [0.2, 0.25) is 0 Å². The number of hydrogen-bond acceptors (Lipinski definition) is 5. The molecule has 0 radical (unpaired) electrons. The van der Waals surface area contributed by atoms with E-state index in [1.165, 1.54) is 34.3 Å². The lowest BCUT2D eigenvalue weighted by Gasteiger charge is -2.41. The number of halogens is 3. The quantitative estimate of drug-likeness (QED) is 0.581. The Bertz CT molecular complexity index is 1250. The first-order valence-corrected chi connectivity index (χ1v) is 10.7. The number of pyridine rings is 1. The molecule has 1 atom stereocenters. The molecule has 2 aliphatic heterocycles. The number of hydrogen-bond donors (Lipinski definition) is 0. The van der Waals surface area contributed by atoms with Gasteiger partial charge in [-0.25, -0.2) is 28.0 Å². The summed E-state index contributed by atoms with van der Waals surface area (Å²) >= 11 is 0. The highest BCUT2D eigenvalue weighted by Gasteiger charge is 2.39. The van der Waals surface area contributed by atoms with Gasteiger partial charge in [-0.2, -0.15) is 5.10 Å². The second kappa shape index (κ2) is 8.47. The third kappa shape index (κ3) is 3.97. The average Bonchev–Trinajstić information content (AvgIpc) is 3.37. The Morgan fingerprint density at radius 3 is 2.50 bits per heavy atom. The number of rotatable bonds is 4. The summed E-state index contributed by atoms with van der Waals surface area (Å²) in [7, 11) is 1.82.